The van der Waals surface area contributed by atoms with Crippen molar-refractivity contribution in [1.82, 2.24) is 5.32 Å². The quantitative estimate of drug-likeness (QED) is 0.461. The lowest BCUT2D eigenvalue weighted by molar-refractivity contribution is 0.412. The lowest BCUT2D eigenvalue weighted by Gasteiger charge is -2.31. The van der Waals surface area contributed by atoms with Gasteiger partial charge in [-0.3, -0.25) is 10.3 Å². The molecule has 3 aromatic carbocycles. The minimum Gasteiger partial charge on any atom is -0.508 e. The molecule has 2 N–H and O–H groups in total. The van der Waals surface area contributed by atoms with Crippen LogP contribution in [0.2, 0.25) is 15.1 Å². The van der Waals surface area contributed by atoms with Gasteiger partial charge in [0.15, 0.2) is 0 Å². The minimum atomic E-state index is -0.413. The maximum atomic E-state index is 10.5. The standard InChI is InChI=1S/C23H19Cl3N2O2/c1-30-16-6-2-13(3-7-16)20-12-21(18-10-14(24)5-9-22(18)29)28-23(27-20)17-8-4-15(25)11-19(17)26/h2-11,21,23,28-29H,12H2,1H3/t21-,23+/m1/s1. The molecule has 2 atom stereocenters. The number of hydrogen-bond donors (Lipinski definition) is 2. The number of phenolic OH excluding ortho intramolecular Hbond substituents is 1. The van der Waals surface area contributed by atoms with Crippen molar-refractivity contribution in [3.8, 4) is 11.5 Å². The number of benzene rings is 3. The van der Waals surface area contributed by atoms with E-state index in [2.05, 4.69) is 5.32 Å². The first kappa shape index (κ1) is 21.0. The van der Waals surface area contributed by atoms with Crippen LogP contribution in [-0.2, 0) is 0 Å². The lowest BCUT2D eigenvalue weighted by Crippen LogP contribution is -2.33. The highest BCUT2D eigenvalue weighted by Gasteiger charge is 2.29. The van der Waals surface area contributed by atoms with E-state index in [1.807, 2.05) is 30.3 Å². The van der Waals surface area contributed by atoms with Crippen molar-refractivity contribution in [2.45, 2.75) is 18.6 Å². The Morgan fingerprint density at radius 1 is 0.933 bits per heavy atom. The number of methoxy groups -OCH3 is 1. The van der Waals surface area contributed by atoms with Crippen molar-refractivity contribution < 1.29 is 9.84 Å². The molecule has 0 amide bonds. The normalized spacial score (nSPS) is 18.7. The number of aliphatic imine (C=N–C) groups is 1. The van der Waals surface area contributed by atoms with Gasteiger partial charge < -0.3 is 9.84 Å². The maximum Gasteiger partial charge on any atom is 0.127 e. The third kappa shape index (κ3) is 4.42. The smallest absolute Gasteiger partial charge is 0.127 e. The highest BCUT2D eigenvalue weighted by molar-refractivity contribution is 6.35. The largest absolute Gasteiger partial charge is 0.508 e. The second-order valence-electron chi connectivity index (χ2n) is 7.00. The minimum absolute atomic E-state index is 0.175. The Bertz CT molecular complexity index is 1100. The molecule has 7 heteroatoms. The fraction of sp³-hybridized carbons (Fsp3) is 0.174. The Morgan fingerprint density at radius 2 is 1.63 bits per heavy atom. The van der Waals surface area contributed by atoms with E-state index in [9.17, 15) is 5.11 Å². The van der Waals surface area contributed by atoms with Crippen LogP contribution in [0.3, 0.4) is 0 Å². The van der Waals surface area contributed by atoms with Gasteiger partial charge in [-0.05, 0) is 60.2 Å². The SMILES string of the molecule is COc1ccc(C2=N[C@H](c3ccc(Cl)cc3Cl)N[C@@H](c3cc(Cl)ccc3O)C2)cc1. The molecule has 154 valence electrons. The van der Waals surface area contributed by atoms with Crippen LogP contribution in [0.15, 0.2) is 65.7 Å². The summed E-state index contributed by atoms with van der Waals surface area (Å²) in [5.41, 5.74) is 3.37. The number of aromatic hydroxyl groups is 1. The molecule has 0 saturated carbocycles. The topological polar surface area (TPSA) is 53.8 Å². The van der Waals surface area contributed by atoms with Crippen LogP contribution in [0.25, 0.3) is 0 Å². The van der Waals surface area contributed by atoms with Crippen molar-refractivity contribution in [2.75, 3.05) is 7.11 Å². The number of rotatable bonds is 4. The van der Waals surface area contributed by atoms with Gasteiger partial charge in [-0.1, -0.05) is 40.9 Å². The molecule has 0 bridgehead atoms. The Kier molecular flexibility index (Phi) is 6.21. The highest BCUT2D eigenvalue weighted by Crippen LogP contribution is 2.37. The summed E-state index contributed by atoms with van der Waals surface area (Å²) in [5, 5.41) is 15.6. The van der Waals surface area contributed by atoms with E-state index in [1.165, 1.54) is 0 Å². The fourth-order valence-electron chi connectivity index (χ4n) is 3.55. The van der Waals surface area contributed by atoms with Gasteiger partial charge in [-0.25, -0.2) is 0 Å². The van der Waals surface area contributed by atoms with Gasteiger partial charge in [-0.15, -0.1) is 0 Å². The molecule has 1 aliphatic heterocycles. The molecule has 0 unspecified atom stereocenters. The summed E-state index contributed by atoms with van der Waals surface area (Å²) in [6.07, 6.45) is 0.158. The fourth-order valence-corrected chi connectivity index (χ4v) is 4.24. The van der Waals surface area contributed by atoms with Crippen LogP contribution in [0.1, 0.15) is 35.3 Å². The van der Waals surface area contributed by atoms with Crippen molar-refractivity contribution >= 4 is 40.5 Å². The highest BCUT2D eigenvalue weighted by atomic mass is 35.5. The van der Waals surface area contributed by atoms with Crippen LogP contribution in [0.5, 0.6) is 11.5 Å². The number of nitrogens with one attached hydrogen (secondary N) is 1. The Hall–Kier alpha value is -2.24. The van der Waals surface area contributed by atoms with Crippen molar-refractivity contribution in [3.63, 3.8) is 0 Å². The molecule has 0 fully saturated rings. The van der Waals surface area contributed by atoms with Gasteiger partial charge in [0.2, 0.25) is 0 Å². The summed E-state index contributed by atoms with van der Waals surface area (Å²) in [5.74, 6) is 0.948. The zero-order valence-electron chi connectivity index (χ0n) is 16.1. The molecule has 0 aromatic heterocycles. The molecule has 0 aliphatic carbocycles. The first-order valence-corrected chi connectivity index (χ1v) is 10.5. The van der Waals surface area contributed by atoms with Crippen molar-refractivity contribution in [1.29, 1.82) is 0 Å². The summed E-state index contributed by atoms with van der Waals surface area (Å²) < 4.78 is 5.26. The molecule has 1 heterocycles. The number of nitrogens with zero attached hydrogens (tertiary/aromatic N) is 1. The first-order valence-electron chi connectivity index (χ1n) is 9.35. The van der Waals surface area contributed by atoms with Crippen molar-refractivity contribution in [3.05, 3.63) is 92.4 Å². The van der Waals surface area contributed by atoms with Gasteiger partial charge >= 0.3 is 0 Å². The summed E-state index contributed by atoms with van der Waals surface area (Å²) in [6.45, 7) is 0. The third-order valence-corrected chi connectivity index (χ3v) is 5.88. The lowest BCUT2D eigenvalue weighted by atomic mass is 9.93. The van der Waals surface area contributed by atoms with E-state index in [0.717, 1.165) is 22.6 Å². The zero-order valence-corrected chi connectivity index (χ0v) is 18.3. The van der Waals surface area contributed by atoms with E-state index < -0.39 is 6.17 Å². The Labute approximate surface area is 190 Å². The Balaban J connectivity index is 1.78. The van der Waals surface area contributed by atoms with Gasteiger partial charge in [0.1, 0.15) is 17.7 Å². The molecule has 4 rings (SSSR count). The summed E-state index contributed by atoms with van der Waals surface area (Å²) in [4.78, 5) is 4.92. The number of phenols is 1. The van der Waals surface area contributed by atoms with Gasteiger partial charge in [0.25, 0.3) is 0 Å². The molecule has 4 nitrogen and oxygen atoms in total. The monoisotopic (exact) mass is 460 g/mol. The summed E-state index contributed by atoms with van der Waals surface area (Å²) >= 11 is 18.7. The zero-order chi connectivity index (χ0) is 21.3. The van der Waals surface area contributed by atoms with E-state index in [1.54, 1.807) is 37.4 Å². The summed E-state index contributed by atoms with van der Waals surface area (Å²) in [6, 6.07) is 17.9. The molecule has 0 saturated heterocycles. The number of hydrogen-bond acceptors (Lipinski definition) is 4. The van der Waals surface area contributed by atoms with Crippen molar-refractivity contribution in [2.24, 2.45) is 4.99 Å². The first-order chi connectivity index (χ1) is 14.4. The molecule has 3 aromatic rings. The van der Waals surface area contributed by atoms with E-state index in [-0.39, 0.29) is 11.8 Å². The average molecular weight is 462 g/mol. The third-order valence-electron chi connectivity index (χ3n) is 5.09. The van der Waals surface area contributed by atoms with Gasteiger partial charge in [-0.2, -0.15) is 0 Å². The Morgan fingerprint density at radius 3 is 2.33 bits per heavy atom. The average Bonchev–Trinajstić information content (AvgIpc) is 2.75. The number of ether oxygens (including phenoxy) is 1. The van der Waals surface area contributed by atoms with Gasteiger partial charge in [0, 0.05) is 44.4 Å². The van der Waals surface area contributed by atoms with E-state index in [4.69, 9.17) is 44.5 Å². The predicted octanol–water partition coefficient (Wildman–Crippen LogP) is 6.58. The second-order valence-corrected chi connectivity index (χ2v) is 8.28. The number of halogens is 3. The van der Waals surface area contributed by atoms with Crippen LogP contribution < -0.4 is 10.1 Å². The molecular formula is C23H19Cl3N2O2. The maximum absolute atomic E-state index is 10.5. The van der Waals surface area contributed by atoms with Crippen LogP contribution in [0, 0.1) is 0 Å². The molecule has 0 spiro atoms. The van der Waals surface area contributed by atoms with Crippen LogP contribution in [-0.4, -0.2) is 17.9 Å². The van der Waals surface area contributed by atoms with E-state index >= 15 is 0 Å². The van der Waals surface area contributed by atoms with Gasteiger partial charge in [0.05, 0.1) is 7.11 Å². The molecule has 30 heavy (non-hydrogen) atoms. The molecule has 1 aliphatic rings. The van der Waals surface area contributed by atoms with Crippen LogP contribution in [0.4, 0.5) is 0 Å². The van der Waals surface area contributed by atoms with E-state index in [0.29, 0.717) is 27.1 Å². The second kappa shape index (κ2) is 8.86. The van der Waals surface area contributed by atoms with Crippen LogP contribution >= 0.6 is 34.8 Å². The predicted molar refractivity (Wildman–Crippen MR) is 122 cm³/mol. The summed E-state index contributed by atoms with van der Waals surface area (Å²) in [7, 11) is 1.63. The molecular weight excluding hydrogens is 443 g/mol. The molecule has 0 radical (unpaired) electrons.